The van der Waals surface area contributed by atoms with Crippen LogP contribution in [0.25, 0.3) is 0 Å². The molecule has 0 radical (unpaired) electrons. The Balaban J connectivity index is 2.87. The van der Waals surface area contributed by atoms with Gasteiger partial charge in [0.05, 0.1) is 6.10 Å². The molecule has 1 atom stereocenters. The van der Waals surface area contributed by atoms with Crippen LogP contribution in [0.1, 0.15) is 18.1 Å². The van der Waals surface area contributed by atoms with Gasteiger partial charge in [-0.2, -0.15) is 0 Å². The van der Waals surface area contributed by atoms with E-state index in [0.29, 0.717) is 0 Å². The molecule has 0 aromatic heterocycles. The largest absolute Gasteiger partial charge is 0.396 e. The van der Waals surface area contributed by atoms with Gasteiger partial charge in [0, 0.05) is 19.1 Å². The van der Waals surface area contributed by atoms with Gasteiger partial charge in [-0.05, 0) is 17.7 Å². The second-order valence-electron chi connectivity index (χ2n) is 2.73. The molecule has 0 aliphatic carbocycles. The van der Waals surface area contributed by atoms with Crippen LogP contribution in [0.5, 0.6) is 0 Å². The van der Waals surface area contributed by atoms with Gasteiger partial charge >= 0.3 is 0 Å². The molecule has 0 amide bonds. The van der Waals surface area contributed by atoms with Crippen LogP contribution in [-0.4, -0.2) is 16.8 Å². The number of halogens is 2. The summed E-state index contributed by atoms with van der Waals surface area (Å²) < 4.78 is 25.2. The number of hydrogen-bond acceptors (Lipinski definition) is 2. The minimum atomic E-state index is -1.02. The smallest absolute Gasteiger partial charge is 0.126 e. The standard InChI is InChI=1S/C9H10F2O2/c10-7-3-6(4-8(11)5-7)9(13)1-2-12/h3-5,9,12-13H,1-2H2. The van der Waals surface area contributed by atoms with Gasteiger partial charge in [-0.15, -0.1) is 0 Å². The lowest BCUT2D eigenvalue weighted by atomic mass is 10.1. The first-order chi connectivity index (χ1) is 6.13. The fraction of sp³-hybridized carbons (Fsp3) is 0.333. The molecular weight excluding hydrogens is 178 g/mol. The van der Waals surface area contributed by atoms with Gasteiger partial charge in [0.2, 0.25) is 0 Å². The average molecular weight is 188 g/mol. The monoisotopic (exact) mass is 188 g/mol. The number of rotatable bonds is 3. The van der Waals surface area contributed by atoms with Gasteiger partial charge in [0.25, 0.3) is 0 Å². The van der Waals surface area contributed by atoms with E-state index < -0.39 is 17.7 Å². The zero-order chi connectivity index (χ0) is 9.84. The molecule has 0 aliphatic heterocycles. The molecule has 1 aromatic rings. The highest BCUT2D eigenvalue weighted by atomic mass is 19.1. The predicted octanol–water partition coefficient (Wildman–Crippen LogP) is 1.38. The molecule has 4 heteroatoms. The lowest BCUT2D eigenvalue weighted by molar-refractivity contribution is 0.133. The number of benzene rings is 1. The van der Waals surface area contributed by atoms with Crippen molar-refractivity contribution in [1.29, 1.82) is 0 Å². The Morgan fingerprint density at radius 3 is 2.15 bits per heavy atom. The molecule has 0 aliphatic rings. The first-order valence-electron chi connectivity index (χ1n) is 3.88. The van der Waals surface area contributed by atoms with Crippen LogP contribution in [-0.2, 0) is 0 Å². The van der Waals surface area contributed by atoms with E-state index in [9.17, 15) is 13.9 Å². The molecule has 2 N–H and O–H groups in total. The van der Waals surface area contributed by atoms with Crippen molar-refractivity contribution in [2.45, 2.75) is 12.5 Å². The Morgan fingerprint density at radius 1 is 1.15 bits per heavy atom. The molecule has 72 valence electrons. The highest BCUT2D eigenvalue weighted by molar-refractivity contribution is 5.19. The van der Waals surface area contributed by atoms with Gasteiger partial charge in [0.1, 0.15) is 11.6 Å². The van der Waals surface area contributed by atoms with E-state index in [-0.39, 0.29) is 18.6 Å². The van der Waals surface area contributed by atoms with Crippen molar-refractivity contribution in [1.82, 2.24) is 0 Å². The summed E-state index contributed by atoms with van der Waals surface area (Å²) in [6.07, 6.45) is -0.946. The molecule has 0 heterocycles. The van der Waals surface area contributed by atoms with Crippen LogP contribution in [0, 0.1) is 11.6 Å². The summed E-state index contributed by atoms with van der Waals surface area (Å²) in [4.78, 5) is 0. The molecule has 0 saturated heterocycles. The van der Waals surface area contributed by atoms with Gasteiger partial charge in [-0.3, -0.25) is 0 Å². The summed E-state index contributed by atoms with van der Waals surface area (Å²) in [6.45, 7) is -0.223. The Kier molecular flexibility index (Phi) is 3.33. The SMILES string of the molecule is OCCC(O)c1cc(F)cc(F)c1. The third-order valence-corrected chi connectivity index (χ3v) is 1.67. The lowest BCUT2D eigenvalue weighted by Gasteiger charge is -2.08. The molecule has 1 aromatic carbocycles. The lowest BCUT2D eigenvalue weighted by Crippen LogP contribution is -2.01. The highest BCUT2D eigenvalue weighted by Crippen LogP contribution is 2.18. The molecule has 13 heavy (non-hydrogen) atoms. The van der Waals surface area contributed by atoms with Crippen molar-refractivity contribution in [3.8, 4) is 0 Å². The van der Waals surface area contributed by atoms with Crippen molar-refractivity contribution in [2.75, 3.05) is 6.61 Å². The second-order valence-corrected chi connectivity index (χ2v) is 2.73. The van der Waals surface area contributed by atoms with E-state index >= 15 is 0 Å². The van der Waals surface area contributed by atoms with Crippen LogP contribution in [0.3, 0.4) is 0 Å². The van der Waals surface area contributed by atoms with Crippen molar-refractivity contribution < 1.29 is 19.0 Å². The van der Waals surface area contributed by atoms with Gasteiger partial charge in [0.15, 0.2) is 0 Å². The Morgan fingerprint density at radius 2 is 1.69 bits per heavy atom. The fourth-order valence-corrected chi connectivity index (χ4v) is 1.06. The van der Waals surface area contributed by atoms with Crippen LogP contribution < -0.4 is 0 Å². The van der Waals surface area contributed by atoms with Gasteiger partial charge in [-0.1, -0.05) is 0 Å². The van der Waals surface area contributed by atoms with E-state index in [1.165, 1.54) is 0 Å². The number of hydrogen-bond donors (Lipinski definition) is 2. The molecule has 0 fully saturated rings. The molecule has 2 nitrogen and oxygen atoms in total. The minimum Gasteiger partial charge on any atom is -0.396 e. The van der Waals surface area contributed by atoms with Crippen molar-refractivity contribution >= 4 is 0 Å². The third-order valence-electron chi connectivity index (χ3n) is 1.67. The van der Waals surface area contributed by atoms with Crippen LogP contribution in [0.2, 0.25) is 0 Å². The highest BCUT2D eigenvalue weighted by Gasteiger charge is 2.09. The fourth-order valence-electron chi connectivity index (χ4n) is 1.06. The number of aliphatic hydroxyl groups excluding tert-OH is 2. The number of aliphatic hydroxyl groups is 2. The van der Waals surface area contributed by atoms with Crippen LogP contribution >= 0.6 is 0 Å². The summed E-state index contributed by atoms with van der Waals surface area (Å²) >= 11 is 0. The maximum Gasteiger partial charge on any atom is 0.126 e. The van der Waals surface area contributed by atoms with Gasteiger partial charge in [-0.25, -0.2) is 8.78 Å². The summed E-state index contributed by atoms with van der Waals surface area (Å²) in [5, 5.41) is 17.8. The zero-order valence-corrected chi connectivity index (χ0v) is 6.87. The summed E-state index contributed by atoms with van der Waals surface area (Å²) in [5.41, 5.74) is 0.145. The quantitative estimate of drug-likeness (QED) is 0.752. The predicted molar refractivity (Wildman–Crippen MR) is 43.0 cm³/mol. The topological polar surface area (TPSA) is 40.5 Å². The van der Waals surface area contributed by atoms with E-state index in [1.54, 1.807) is 0 Å². The van der Waals surface area contributed by atoms with E-state index in [1.807, 2.05) is 0 Å². The minimum absolute atomic E-state index is 0.0723. The average Bonchev–Trinajstić information content (AvgIpc) is 2.03. The Labute approximate surface area is 74.4 Å². The molecule has 0 spiro atoms. The maximum absolute atomic E-state index is 12.6. The van der Waals surface area contributed by atoms with Crippen LogP contribution in [0.15, 0.2) is 18.2 Å². The van der Waals surface area contributed by atoms with Gasteiger partial charge < -0.3 is 10.2 Å². The van der Waals surface area contributed by atoms with Crippen LogP contribution in [0.4, 0.5) is 8.78 Å². The Hall–Kier alpha value is -1.00. The van der Waals surface area contributed by atoms with E-state index in [0.717, 1.165) is 18.2 Å². The first kappa shape index (κ1) is 10.1. The molecule has 0 bridgehead atoms. The van der Waals surface area contributed by atoms with E-state index in [2.05, 4.69) is 0 Å². The van der Waals surface area contributed by atoms with E-state index in [4.69, 9.17) is 5.11 Å². The van der Waals surface area contributed by atoms with Crippen molar-refractivity contribution in [3.05, 3.63) is 35.4 Å². The second kappa shape index (κ2) is 4.30. The third kappa shape index (κ3) is 2.75. The molecule has 0 saturated carbocycles. The summed E-state index contributed by atoms with van der Waals surface area (Å²) in [6, 6.07) is 2.82. The summed E-state index contributed by atoms with van der Waals surface area (Å²) in [5.74, 6) is -1.46. The Bertz CT molecular complexity index is 269. The van der Waals surface area contributed by atoms with Crippen molar-refractivity contribution in [2.24, 2.45) is 0 Å². The molecule has 1 rings (SSSR count). The zero-order valence-electron chi connectivity index (χ0n) is 6.87. The maximum atomic E-state index is 12.6. The van der Waals surface area contributed by atoms with Crippen molar-refractivity contribution in [3.63, 3.8) is 0 Å². The molecule has 1 unspecified atom stereocenters. The molecular formula is C9H10F2O2. The summed E-state index contributed by atoms with van der Waals surface area (Å²) in [7, 11) is 0. The first-order valence-corrected chi connectivity index (χ1v) is 3.88. The normalized spacial score (nSPS) is 12.9.